The maximum absolute atomic E-state index is 13.3. The number of aryl methyl sites for hydroxylation is 1. The largest absolute Gasteiger partial charge is 0.468 e. The monoisotopic (exact) mass is 385 g/mol. The number of hydrogen-bond donors (Lipinski definition) is 1. The molecule has 0 radical (unpaired) electrons. The second-order valence-corrected chi connectivity index (χ2v) is 8.55. The molecule has 1 aromatic carbocycles. The summed E-state index contributed by atoms with van der Waals surface area (Å²) in [5.41, 5.74) is 1.12. The maximum atomic E-state index is 13.3. The highest BCUT2D eigenvalue weighted by Crippen LogP contribution is 2.53. The van der Waals surface area contributed by atoms with Gasteiger partial charge >= 0.3 is 13.6 Å². The van der Waals surface area contributed by atoms with Gasteiger partial charge in [0.05, 0.1) is 20.3 Å². The predicted octanol–water partition coefficient (Wildman–Crippen LogP) is 4.00. The van der Waals surface area contributed by atoms with Crippen LogP contribution in [0.4, 0.5) is 0 Å². The Balaban J connectivity index is 3.05. The standard InChI is InChI=1S/C19H32NO5P/c1-6-24-26(22,25-7-2)17(14-13-16-11-9-8-10-12-16)20-18(15(3)4)19(21)23-5/h8-12,15,17-18,20H,6-7,13-14H2,1-5H3/t17?,18-/m0/s1. The Labute approximate surface area is 157 Å². The molecule has 0 saturated heterocycles. The van der Waals surface area contributed by atoms with E-state index in [2.05, 4.69) is 5.32 Å². The highest BCUT2D eigenvalue weighted by atomic mass is 31.2. The van der Waals surface area contributed by atoms with Crippen LogP contribution in [0.2, 0.25) is 0 Å². The number of carbonyl (C=O) groups is 1. The van der Waals surface area contributed by atoms with E-state index in [1.165, 1.54) is 7.11 Å². The number of rotatable bonds is 12. The maximum Gasteiger partial charge on any atom is 0.347 e. The molecule has 0 aliphatic carbocycles. The molecule has 0 spiro atoms. The van der Waals surface area contributed by atoms with Crippen molar-refractivity contribution < 1.29 is 23.1 Å². The summed E-state index contributed by atoms with van der Waals surface area (Å²) >= 11 is 0. The normalized spacial score (nSPS) is 14.2. The zero-order valence-corrected chi connectivity index (χ0v) is 17.3. The summed E-state index contributed by atoms with van der Waals surface area (Å²) in [5, 5.41) is 3.20. The third-order valence-corrected chi connectivity index (χ3v) is 6.45. The van der Waals surface area contributed by atoms with Gasteiger partial charge in [-0.05, 0) is 38.2 Å². The lowest BCUT2D eigenvalue weighted by Crippen LogP contribution is -2.47. The van der Waals surface area contributed by atoms with Crippen molar-refractivity contribution in [3.05, 3.63) is 35.9 Å². The molecule has 0 saturated carbocycles. The minimum Gasteiger partial charge on any atom is -0.468 e. The molecular formula is C19H32NO5P. The summed E-state index contributed by atoms with van der Waals surface area (Å²) in [5.74, 6) is -1.02. The Morgan fingerprint density at radius 3 is 2.15 bits per heavy atom. The zero-order valence-electron chi connectivity index (χ0n) is 16.4. The number of hydrogen-bond acceptors (Lipinski definition) is 6. The molecular weight excluding hydrogens is 353 g/mol. The molecule has 0 fully saturated rings. The molecule has 0 aromatic heterocycles. The van der Waals surface area contributed by atoms with Gasteiger partial charge in [0.1, 0.15) is 11.8 Å². The molecule has 1 rings (SSSR count). The van der Waals surface area contributed by atoms with E-state index >= 15 is 0 Å². The van der Waals surface area contributed by atoms with Crippen molar-refractivity contribution in [3.8, 4) is 0 Å². The lowest BCUT2D eigenvalue weighted by Gasteiger charge is -2.31. The number of nitrogens with one attached hydrogen (secondary N) is 1. The summed E-state index contributed by atoms with van der Waals surface area (Å²) in [6, 6.07) is 9.33. The van der Waals surface area contributed by atoms with Crippen LogP contribution in [-0.2, 0) is 29.6 Å². The van der Waals surface area contributed by atoms with E-state index in [1.54, 1.807) is 13.8 Å². The van der Waals surface area contributed by atoms with Gasteiger partial charge in [0.15, 0.2) is 0 Å². The van der Waals surface area contributed by atoms with Gasteiger partial charge in [-0.1, -0.05) is 44.2 Å². The van der Waals surface area contributed by atoms with Gasteiger partial charge in [-0.25, -0.2) is 0 Å². The Bertz CT molecular complexity index is 569. The van der Waals surface area contributed by atoms with E-state index in [1.807, 2.05) is 44.2 Å². The molecule has 2 atom stereocenters. The van der Waals surface area contributed by atoms with Crippen molar-refractivity contribution in [2.45, 2.75) is 52.4 Å². The molecule has 7 heteroatoms. The van der Waals surface area contributed by atoms with Crippen molar-refractivity contribution in [3.63, 3.8) is 0 Å². The summed E-state index contributed by atoms with van der Waals surface area (Å²) in [6.07, 6.45) is 1.20. The van der Waals surface area contributed by atoms with Crippen LogP contribution in [0.3, 0.4) is 0 Å². The van der Waals surface area contributed by atoms with E-state index in [0.29, 0.717) is 12.8 Å². The lowest BCUT2D eigenvalue weighted by molar-refractivity contribution is -0.144. The van der Waals surface area contributed by atoms with Crippen molar-refractivity contribution in [2.24, 2.45) is 5.92 Å². The molecule has 0 heterocycles. The SMILES string of the molecule is CCOP(=O)(OCC)C(CCc1ccccc1)N[C@H](C(=O)OC)C(C)C. The van der Waals surface area contributed by atoms with E-state index in [0.717, 1.165) is 5.56 Å². The van der Waals surface area contributed by atoms with E-state index in [-0.39, 0.29) is 25.1 Å². The quantitative estimate of drug-likeness (QED) is 0.433. The minimum atomic E-state index is -3.43. The Morgan fingerprint density at radius 2 is 1.69 bits per heavy atom. The molecule has 1 aromatic rings. The predicted molar refractivity (Wildman–Crippen MR) is 103 cm³/mol. The molecule has 1 unspecified atom stereocenters. The van der Waals surface area contributed by atoms with Gasteiger partial charge in [-0.15, -0.1) is 0 Å². The van der Waals surface area contributed by atoms with Gasteiger partial charge in [0.2, 0.25) is 0 Å². The van der Waals surface area contributed by atoms with Gasteiger partial charge in [0, 0.05) is 0 Å². The Kier molecular flexibility index (Phi) is 10.1. The van der Waals surface area contributed by atoms with E-state index < -0.39 is 19.4 Å². The van der Waals surface area contributed by atoms with Crippen LogP contribution in [0.5, 0.6) is 0 Å². The first-order valence-corrected chi connectivity index (χ1v) is 10.8. The molecule has 0 amide bonds. The highest BCUT2D eigenvalue weighted by molar-refractivity contribution is 7.54. The first kappa shape index (κ1) is 22.8. The summed E-state index contributed by atoms with van der Waals surface area (Å²) in [6.45, 7) is 7.92. The highest BCUT2D eigenvalue weighted by Gasteiger charge is 2.39. The third-order valence-electron chi connectivity index (χ3n) is 4.04. The van der Waals surface area contributed by atoms with Crippen LogP contribution in [0, 0.1) is 5.92 Å². The molecule has 0 aliphatic rings. The van der Waals surface area contributed by atoms with Crippen LogP contribution in [0.25, 0.3) is 0 Å². The second kappa shape index (κ2) is 11.5. The van der Waals surface area contributed by atoms with Crippen LogP contribution < -0.4 is 5.32 Å². The molecule has 0 bridgehead atoms. The summed E-state index contributed by atoms with van der Waals surface area (Å²) in [4.78, 5) is 12.1. The van der Waals surface area contributed by atoms with Crippen molar-refractivity contribution in [1.82, 2.24) is 5.32 Å². The van der Waals surface area contributed by atoms with E-state index in [4.69, 9.17) is 13.8 Å². The van der Waals surface area contributed by atoms with Crippen molar-refractivity contribution in [1.29, 1.82) is 0 Å². The molecule has 6 nitrogen and oxygen atoms in total. The Morgan fingerprint density at radius 1 is 1.12 bits per heavy atom. The van der Waals surface area contributed by atoms with Crippen molar-refractivity contribution in [2.75, 3.05) is 20.3 Å². The van der Waals surface area contributed by atoms with Crippen molar-refractivity contribution >= 4 is 13.6 Å². The van der Waals surface area contributed by atoms with Crippen LogP contribution in [-0.4, -0.2) is 38.1 Å². The topological polar surface area (TPSA) is 73.9 Å². The fourth-order valence-corrected chi connectivity index (χ4v) is 4.67. The van der Waals surface area contributed by atoms with Crippen LogP contribution in [0.1, 0.15) is 39.7 Å². The average molecular weight is 385 g/mol. The summed E-state index contributed by atoms with van der Waals surface area (Å²) in [7, 11) is -2.08. The van der Waals surface area contributed by atoms with Gasteiger partial charge in [-0.2, -0.15) is 0 Å². The zero-order chi connectivity index (χ0) is 19.6. The molecule has 0 aliphatic heterocycles. The fourth-order valence-electron chi connectivity index (χ4n) is 2.72. The van der Waals surface area contributed by atoms with Gasteiger partial charge in [0.25, 0.3) is 0 Å². The third kappa shape index (κ3) is 6.84. The average Bonchev–Trinajstić information content (AvgIpc) is 2.62. The number of methoxy groups -OCH3 is 1. The van der Waals surface area contributed by atoms with Crippen LogP contribution >= 0.6 is 7.60 Å². The molecule has 26 heavy (non-hydrogen) atoms. The first-order valence-electron chi connectivity index (χ1n) is 9.14. The summed E-state index contributed by atoms with van der Waals surface area (Å²) < 4.78 is 29.3. The number of ether oxygens (including phenoxy) is 1. The Hall–Kier alpha value is -1.20. The van der Waals surface area contributed by atoms with Gasteiger partial charge in [-0.3, -0.25) is 14.7 Å². The van der Waals surface area contributed by atoms with Gasteiger partial charge < -0.3 is 13.8 Å². The van der Waals surface area contributed by atoms with E-state index in [9.17, 15) is 9.36 Å². The molecule has 1 N–H and O–H groups in total. The second-order valence-electron chi connectivity index (χ2n) is 6.33. The lowest BCUT2D eigenvalue weighted by atomic mass is 10.0. The number of esters is 1. The number of benzene rings is 1. The minimum absolute atomic E-state index is 0.0293. The smallest absolute Gasteiger partial charge is 0.347 e. The first-order chi connectivity index (χ1) is 12.4. The fraction of sp³-hybridized carbons (Fsp3) is 0.632. The molecule has 148 valence electrons. The van der Waals surface area contributed by atoms with Crippen LogP contribution in [0.15, 0.2) is 30.3 Å². The number of carbonyl (C=O) groups excluding carboxylic acids is 1.